The number of hydrogen-bond donors (Lipinski definition) is 1. The number of rotatable bonds is 6. The van der Waals surface area contributed by atoms with Crippen LogP contribution < -0.4 is 17.0 Å². The Bertz CT molecular complexity index is 1810. The monoisotopic (exact) mass is 589 g/mol. The van der Waals surface area contributed by atoms with Crippen LogP contribution in [0.1, 0.15) is 25.8 Å². The van der Waals surface area contributed by atoms with Crippen molar-refractivity contribution >= 4 is 50.1 Å². The van der Waals surface area contributed by atoms with Gasteiger partial charge in [-0.15, -0.1) is 0 Å². The topological polar surface area (TPSA) is 139 Å². The lowest BCUT2D eigenvalue weighted by atomic mass is 9.94. The zero-order valence-electron chi connectivity index (χ0n) is 20.9. The summed E-state index contributed by atoms with van der Waals surface area (Å²) in [4.78, 5) is 44.3. The fraction of sp³-hybridized carbons (Fsp3) is 0.308. The molecule has 204 valence electrons. The maximum Gasteiger partial charge on any atom is 0.333 e. The Kier molecular flexibility index (Phi) is 7.17. The van der Waals surface area contributed by atoms with Gasteiger partial charge < -0.3 is 5.73 Å². The second-order valence-corrected chi connectivity index (χ2v) is 12.8. The van der Waals surface area contributed by atoms with Gasteiger partial charge in [0.1, 0.15) is 22.2 Å². The van der Waals surface area contributed by atoms with E-state index in [1.165, 1.54) is 4.57 Å². The van der Waals surface area contributed by atoms with Crippen molar-refractivity contribution in [2.24, 2.45) is 11.7 Å². The molecule has 3 heterocycles. The fourth-order valence-electron chi connectivity index (χ4n) is 5.13. The van der Waals surface area contributed by atoms with Crippen molar-refractivity contribution in [1.82, 2.24) is 18.7 Å². The summed E-state index contributed by atoms with van der Waals surface area (Å²) in [5.74, 6) is -0.729. The lowest BCUT2D eigenvalue weighted by molar-refractivity contribution is -0.118. The number of imidazole rings is 1. The summed E-state index contributed by atoms with van der Waals surface area (Å²) in [5, 5.41) is 0.853. The second kappa shape index (κ2) is 10.3. The summed E-state index contributed by atoms with van der Waals surface area (Å²) < 4.78 is 27.9. The molecule has 5 rings (SSSR count). The number of primary amides is 1. The van der Waals surface area contributed by atoms with Gasteiger partial charge in [-0.3, -0.25) is 18.7 Å². The quantitative estimate of drug-likeness (QED) is 0.366. The van der Waals surface area contributed by atoms with Gasteiger partial charge in [-0.25, -0.2) is 22.8 Å². The van der Waals surface area contributed by atoms with E-state index in [0.29, 0.717) is 40.0 Å². The highest BCUT2D eigenvalue weighted by Gasteiger charge is 2.32. The Labute approximate surface area is 233 Å². The van der Waals surface area contributed by atoms with E-state index in [0.717, 1.165) is 4.57 Å². The number of fused-ring (bicyclic) bond motifs is 1. The molecule has 0 saturated carbocycles. The highest BCUT2D eigenvalue weighted by molar-refractivity contribution is 7.91. The SMILES string of the molecule is C[C@H](C1CCS(=O)(=O)CC1)n1c(=O)n(CC(N)=O)c(=O)c2c1nc(-c1ccccc1Cl)n2-c1ccc(Cl)cc1. The Morgan fingerprint density at radius 1 is 1.08 bits per heavy atom. The molecule has 10 nitrogen and oxygen atoms in total. The Morgan fingerprint density at radius 3 is 2.33 bits per heavy atom. The maximum absolute atomic E-state index is 13.9. The van der Waals surface area contributed by atoms with Crippen molar-refractivity contribution in [3.05, 3.63) is 79.4 Å². The van der Waals surface area contributed by atoms with Gasteiger partial charge in [0, 0.05) is 22.3 Å². The summed E-state index contributed by atoms with van der Waals surface area (Å²) in [5.41, 5.74) is 5.10. The van der Waals surface area contributed by atoms with Crippen molar-refractivity contribution < 1.29 is 13.2 Å². The van der Waals surface area contributed by atoms with E-state index >= 15 is 0 Å². The smallest absolute Gasteiger partial charge is 0.333 e. The lowest BCUT2D eigenvalue weighted by Crippen LogP contribution is -2.45. The maximum atomic E-state index is 13.9. The first kappa shape index (κ1) is 27.2. The van der Waals surface area contributed by atoms with Crippen LogP contribution in [0.3, 0.4) is 0 Å². The predicted molar refractivity (Wildman–Crippen MR) is 150 cm³/mol. The number of carbonyl (C=O) groups excluding carboxylic acids is 1. The van der Waals surface area contributed by atoms with E-state index in [2.05, 4.69) is 0 Å². The van der Waals surface area contributed by atoms with Crippen LogP contribution in [0.4, 0.5) is 0 Å². The first-order chi connectivity index (χ1) is 18.5. The molecule has 2 aromatic heterocycles. The molecule has 2 N–H and O–H groups in total. The zero-order valence-corrected chi connectivity index (χ0v) is 23.2. The highest BCUT2D eigenvalue weighted by atomic mass is 35.5. The molecule has 0 aliphatic carbocycles. The molecule has 4 aromatic rings. The van der Waals surface area contributed by atoms with Gasteiger partial charge in [-0.1, -0.05) is 35.3 Å². The van der Waals surface area contributed by atoms with Crippen molar-refractivity contribution in [1.29, 1.82) is 0 Å². The van der Waals surface area contributed by atoms with Crippen molar-refractivity contribution in [2.45, 2.75) is 32.4 Å². The van der Waals surface area contributed by atoms with Gasteiger partial charge in [0.15, 0.2) is 11.2 Å². The third-order valence-corrected chi connectivity index (χ3v) is 9.47. The molecule has 1 fully saturated rings. The normalized spacial score (nSPS) is 16.4. The molecule has 1 saturated heterocycles. The third kappa shape index (κ3) is 5.02. The number of aromatic nitrogens is 4. The van der Waals surface area contributed by atoms with Gasteiger partial charge in [0.2, 0.25) is 5.91 Å². The average Bonchev–Trinajstić information content (AvgIpc) is 3.27. The van der Waals surface area contributed by atoms with Gasteiger partial charge >= 0.3 is 5.69 Å². The number of amides is 1. The van der Waals surface area contributed by atoms with Gasteiger partial charge in [0.25, 0.3) is 5.56 Å². The van der Waals surface area contributed by atoms with Crippen LogP contribution in [-0.2, 0) is 21.2 Å². The molecule has 1 amide bonds. The predicted octanol–water partition coefficient (Wildman–Crippen LogP) is 3.19. The number of sulfone groups is 1. The van der Waals surface area contributed by atoms with Crippen LogP contribution in [0, 0.1) is 5.92 Å². The molecule has 13 heteroatoms. The molecule has 0 radical (unpaired) electrons. The number of hydrogen-bond acceptors (Lipinski definition) is 6. The first-order valence-corrected chi connectivity index (χ1v) is 14.8. The molecule has 1 atom stereocenters. The third-order valence-electron chi connectivity index (χ3n) is 7.17. The molecule has 39 heavy (non-hydrogen) atoms. The van der Waals surface area contributed by atoms with Crippen LogP contribution in [0.15, 0.2) is 58.1 Å². The Balaban J connectivity index is 1.88. The number of nitrogens with two attached hydrogens (primary N) is 1. The Hall–Kier alpha value is -3.41. The zero-order chi connectivity index (χ0) is 28.1. The molecule has 0 spiro atoms. The number of carbonyl (C=O) groups is 1. The van der Waals surface area contributed by atoms with Gasteiger partial charge in [-0.2, -0.15) is 0 Å². The minimum atomic E-state index is -3.15. The van der Waals surface area contributed by atoms with E-state index in [1.54, 1.807) is 60.0 Å². The van der Waals surface area contributed by atoms with Crippen molar-refractivity contribution in [2.75, 3.05) is 11.5 Å². The standard InChI is InChI=1S/C26H25Cl2N5O5S/c1-15(16-10-12-39(37,38)13-11-16)32-24-22(25(35)31(26(32)36)14-21(29)34)33(18-8-6-17(27)7-9-18)23(30-24)19-4-2-3-5-20(19)28/h2-9,15-16H,10-14H2,1H3,(H2,29,34)/t15-/m1/s1. The first-order valence-electron chi connectivity index (χ1n) is 12.3. The largest absolute Gasteiger partial charge is 0.368 e. The minimum Gasteiger partial charge on any atom is -0.368 e. The molecule has 0 unspecified atom stereocenters. The average molecular weight is 590 g/mol. The summed E-state index contributed by atoms with van der Waals surface area (Å²) in [6.07, 6.45) is 0.698. The molecule has 0 bridgehead atoms. The lowest BCUT2D eigenvalue weighted by Gasteiger charge is -2.29. The molecular formula is C26H25Cl2N5O5S. The molecule has 1 aliphatic rings. The summed E-state index contributed by atoms with van der Waals surface area (Å²) in [6.45, 7) is 1.16. The van der Waals surface area contributed by atoms with E-state index in [-0.39, 0.29) is 28.6 Å². The number of benzene rings is 2. The van der Waals surface area contributed by atoms with Crippen molar-refractivity contribution in [3.63, 3.8) is 0 Å². The molecule has 1 aliphatic heterocycles. The van der Waals surface area contributed by atoms with Gasteiger partial charge in [0.05, 0.1) is 16.5 Å². The van der Waals surface area contributed by atoms with Crippen LogP contribution in [-0.4, -0.2) is 44.5 Å². The fourth-order valence-corrected chi connectivity index (χ4v) is 7.01. The van der Waals surface area contributed by atoms with E-state index in [4.69, 9.17) is 33.9 Å². The molecular weight excluding hydrogens is 565 g/mol. The summed E-state index contributed by atoms with van der Waals surface area (Å²) in [7, 11) is -3.15. The van der Waals surface area contributed by atoms with E-state index in [9.17, 15) is 22.8 Å². The molecule has 2 aromatic carbocycles. The van der Waals surface area contributed by atoms with E-state index < -0.39 is 39.6 Å². The van der Waals surface area contributed by atoms with Crippen LogP contribution >= 0.6 is 23.2 Å². The van der Waals surface area contributed by atoms with Gasteiger partial charge in [-0.05, 0) is 62.1 Å². The van der Waals surface area contributed by atoms with E-state index in [1.807, 2.05) is 0 Å². The number of nitrogens with zero attached hydrogens (tertiary/aromatic N) is 4. The number of halogens is 2. The Morgan fingerprint density at radius 2 is 1.72 bits per heavy atom. The van der Waals surface area contributed by atoms with Crippen molar-refractivity contribution in [3.8, 4) is 17.1 Å². The van der Waals surface area contributed by atoms with Crippen LogP contribution in [0.5, 0.6) is 0 Å². The highest BCUT2D eigenvalue weighted by Crippen LogP contribution is 2.34. The summed E-state index contributed by atoms with van der Waals surface area (Å²) in [6, 6.07) is 13.1. The summed E-state index contributed by atoms with van der Waals surface area (Å²) >= 11 is 12.7. The minimum absolute atomic E-state index is 0.00487. The second-order valence-electron chi connectivity index (χ2n) is 9.64. The van der Waals surface area contributed by atoms with Crippen LogP contribution in [0.2, 0.25) is 10.0 Å². The van der Waals surface area contributed by atoms with Crippen LogP contribution in [0.25, 0.3) is 28.2 Å².